The fraction of sp³-hybridized carbons (Fsp3) is 0.217. The normalized spacial score (nSPS) is 10.5. The summed E-state index contributed by atoms with van der Waals surface area (Å²) in [4.78, 5) is 30.7. The fourth-order valence-corrected chi connectivity index (χ4v) is 2.80. The number of aromatic nitrogens is 1. The summed E-state index contributed by atoms with van der Waals surface area (Å²) in [6, 6.07) is 20.4. The van der Waals surface area contributed by atoms with Crippen molar-refractivity contribution in [3.8, 4) is 0 Å². The number of anilines is 1. The highest BCUT2D eigenvalue weighted by atomic mass is 16.7. The van der Waals surface area contributed by atoms with Crippen LogP contribution >= 0.6 is 0 Å². The number of rotatable bonds is 8. The lowest BCUT2D eigenvalue weighted by Gasteiger charge is -2.10. The number of aryl methyl sites for hydroxylation is 1. The second kappa shape index (κ2) is 9.55. The van der Waals surface area contributed by atoms with E-state index in [0.717, 1.165) is 29.6 Å². The Morgan fingerprint density at radius 3 is 2.43 bits per heavy atom. The zero-order valence-corrected chi connectivity index (χ0v) is 15.9. The summed E-state index contributed by atoms with van der Waals surface area (Å²) in [7, 11) is 0. The van der Waals surface area contributed by atoms with E-state index in [-0.39, 0.29) is 12.2 Å². The summed E-state index contributed by atoms with van der Waals surface area (Å²) < 4.78 is 1.09. The molecule has 3 aromatic rings. The van der Waals surface area contributed by atoms with Gasteiger partial charge < -0.3 is 10.2 Å². The molecule has 0 unspecified atom stereocenters. The third-order valence-electron chi connectivity index (χ3n) is 4.40. The second-order valence-corrected chi connectivity index (χ2v) is 6.57. The van der Waals surface area contributed by atoms with Crippen LogP contribution < -0.4 is 15.7 Å². The van der Waals surface area contributed by atoms with Gasteiger partial charge in [-0.1, -0.05) is 55.8 Å². The van der Waals surface area contributed by atoms with Gasteiger partial charge in [0.05, 0.1) is 0 Å². The van der Waals surface area contributed by atoms with E-state index in [1.165, 1.54) is 17.8 Å². The average molecular weight is 376 g/mol. The molecule has 0 spiro atoms. The number of amides is 1. The molecule has 1 N–H and O–H groups in total. The van der Waals surface area contributed by atoms with Crippen molar-refractivity contribution >= 4 is 11.6 Å². The minimum Gasteiger partial charge on any atom is -0.406 e. The van der Waals surface area contributed by atoms with E-state index in [9.17, 15) is 9.59 Å². The van der Waals surface area contributed by atoms with Crippen molar-refractivity contribution in [3.63, 3.8) is 0 Å². The first-order chi connectivity index (χ1) is 13.7. The average Bonchev–Trinajstić information content (AvgIpc) is 2.73. The molecule has 5 heteroatoms. The Balaban J connectivity index is 1.67. The topological polar surface area (TPSA) is 60.3 Å². The lowest BCUT2D eigenvalue weighted by molar-refractivity contribution is 0.0863. The number of pyridine rings is 1. The molecule has 2 aromatic carbocycles. The van der Waals surface area contributed by atoms with E-state index in [2.05, 4.69) is 12.2 Å². The molecular formula is C23H24N2O3. The van der Waals surface area contributed by atoms with Crippen molar-refractivity contribution in [1.82, 2.24) is 4.73 Å². The molecule has 0 fully saturated rings. The maximum absolute atomic E-state index is 12.6. The fourth-order valence-electron chi connectivity index (χ4n) is 2.80. The highest BCUT2D eigenvalue weighted by Crippen LogP contribution is 2.12. The van der Waals surface area contributed by atoms with Crippen molar-refractivity contribution < 1.29 is 9.63 Å². The molecule has 1 amide bonds. The van der Waals surface area contributed by atoms with Gasteiger partial charge in [-0.2, -0.15) is 4.73 Å². The quantitative estimate of drug-likeness (QED) is 0.645. The molecule has 5 nitrogen and oxygen atoms in total. The highest BCUT2D eigenvalue weighted by Gasteiger charge is 2.13. The molecule has 0 bridgehead atoms. The van der Waals surface area contributed by atoms with E-state index < -0.39 is 11.5 Å². The first-order valence-corrected chi connectivity index (χ1v) is 9.46. The Hall–Kier alpha value is -3.34. The summed E-state index contributed by atoms with van der Waals surface area (Å²) >= 11 is 0. The van der Waals surface area contributed by atoms with Crippen LogP contribution in [0.2, 0.25) is 0 Å². The second-order valence-electron chi connectivity index (χ2n) is 6.57. The molecule has 0 aliphatic heterocycles. The third-order valence-corrected chi connectivity index (χ3v) is 4.40. The molecule has 0 radical (unpaired) electrons. The Kier molecular flexibility index (Phi) is 6.63. The minimum absolute atomic E-state index is 0.0330. The van der Waals surface area contributed by atoms with Gasteiger partial charge in [0.2, 0.25) is 0 Å². The van der Waals surface area contributed by atoms with Gasteiger partial charge in [-0.15, -0.1) is 0 Å². The molecule has 0 atom stereocenters. The van der Waals surface area contributed by atoms with E-state index >= 15 is 0 Å². The number of unbranched alkanes of at least 4 members (excludes halogenated alkanes) is 1. The number of nitrogens with zero attached hydrogens (tertiary/aromatic N) is 1. The summed E-state index contributed by atoms with van der Waals surface area (Å²) in [6.45, 7) is 2.40. The van der Waals surface area contributed by atoms with Gasteiger partial charge in [0.15, 0.2) is 0 Å². The predicted octanol–water partition coefficient (Wildman–Crippen LogP) is 4.07. The van der Waals surface area contributed by atoms with Crippen molar-refractivity contribution in [2.75, 3.05) is 5.32 Å². The Bertz CT molecular complexity index is 963. The molecule has 0 saturated carbocycles. The molecular weight excluding hydrogens is 352 g/mol. The number of hydrogen-bond donors (Lipinski definition) is 1. The van der Waals surface area contributed by atoms with Crippen LogP contribution in [0.15, 0.2) is 77.7 Å². The van der Waals surface area contributed by atoms with Crippen LogP contribution in [0.4, 0.5) is 5.69 Å². The summed E-state index contributed by atoms with van der Waals surface area (Å²) in [5, 5.41) is 2.78. The maximum Gasteiger partial charge on any atom is 0.295 e. The van der Waals surface area contributed by atoms with Crippen molar-refractivity contribution in [3.05, 3.63) is 100.0 Å². The monoisotopic (exact) mass is 376 g/mol. The molecule has 0 aliphatic rings. The number of benzene rings is 2. The number of carbonyl (C=O) groups is 1. The molecule has 28 heavy (non-hydrogen) atoms. The van der Waals surface area contributed by atoms with E-state index in [1.807, 2.05) is 54.6 Å². The molecule has 0 saturated heterocycles. The number of nitrogens with one attached hydrogen (secondary N) is 1. The largest absolute Gasteiger partial charge is 0.406 e. The molecule has 144 valence electrons. The zero-order valence-electron chi connectivity index (χ0n) is 15.9. The van der Waals surface area contributed by atoms with Gasteiger partial charge in [-0.05, 0) is 48.2 Å². The first kappa shape index (κ1) is 19.4. The van der Waals surface area contributed by atoms with Crippen LogP contribution in [0.3, 0.4) is 0 Å². The SMILES string of the molecule is CCCCc1ccc(NC(=O)c2cccn(OCc3ccccc3)c2=O)cc1. The van der Waals surface area contributed by atoms with Crippen LogP contribution in [0.5, 0.6) is 0 Å². The van der Waals surface area contributed by atoms with E-state index in [4.69, 9.17) is 4.84 Å². The van der Waals surface area contributed by atoms with Crippen LogP contribution in [0.1, 0.15) is 41.3 Å². The predicted molar refractivity (Wildman–Crippen MR) is 110 cm³/mol. The van der Waals surface area contributed by atoms with Crippen LogP contribution in [0, 0.1) is 0 Å². The molecule has 3 rings (SSSR count). The molecule has 1 aromatic heterocycles. The van der Waals surface area contributed by atoms with Gasteiger partial charge in [0.1, 0.15) is 12.2 Å². The van der Waals surface area contributed by atoms with Crippen molar-refractivity contribution in [1.29, 1.82) is 0 Å². The molecule has 0 aliphatic carbocycles. The summed E-state index contributed by atoms with van der Waals surface area (Å²) in [5.41, 5.74) is 2.37. The third kappa shape index (κ3) is 5.10. The van der Waals surface area contributed by atoms with Crippen LogP contribution in [0.25, 0.3) is 0 Å². The summed E-state index contributed by atoms with van der Waals surface area (Å²) in [5.74, 6) is -0.455. The Morgan fingerprint density at radius 2 is 1.71 bits per heavy atom. The standard InChI is InChI=1S/C23H24N2O3/c1-2-3-8-18-12-14-20(15-13-18)24-22(26)21-11-7-16-25(23(21)27)28-17-19-9-5-4-6-10-19/h4-7,9-16H,2-3,8,17H2,1H3,(H,24,26). The van der Waals surface area contributed by atoms with Gasteiger partial charge in [0, 0.05) is 11.9 Å². The lowest BCUT2D eigenvalue weighted by Crippen LogP contribution is -2.32. The minimum atomic E-state index is -0.490. The van der Waals surface area contributed by atoms with Crippen LogP contribution in [-0.4, -0.2) is 10.6 Å². The summed E-state index contributed by atoms with van der Waals surface area (Å²) in [6.07, 6.45) is 4.81. The number of hydrogen-bond acceptors (Lipinski definition) is 3. The van der Waals surface area contributed by atoms with E-state index in [1.54, 1.807) is 6.07 Å². The Morgan fingerprint density at radius 1 is 0.964 bits per heavy atom. The van der Waals surface area contributed by atoms with Gasteiger partial charge in [-0.25, -0.2) is 0 Å². The molecule has 1 heterocycles. The first-order valence-electron chi connectivity index (χ1n) is 9.46. The van der Waals surface area contributed by atoms with Gasteiger partial charge in [-0.3, -0.25) is 9.59 Å². The van der Waals surface area contributed by atoms with Gasteiger partial charge >= 0.3 is 0 Å². The maximum atomic E-state index is 12.6. The van der Waals surface area contributed by atoms with Crippen molar-refractivity contribution in [2.24, 2.45) is 0 Å². The lowest BCUT2D eigenvalue weighted by atomic mass is 10.1. The smallest absolute Gasteiger partial charge is 0.295 e. The highest BCUT2D eigenvalue weighted by molar-refractivity contribution is 6.03. The van der Waals surface area contributed by atoms with Gasteiger partial charge in [0.25, 0.3) is 11.5 Å². The number of carbonyl (C=O) groups excluding carboxylic acids is 1. The zero-order chi connectivity index (χ0) is 19.8. The van der Waals surface area contributed by atoms with Crippen LogP contribution in [-0.2, 0) is 13.0 Å². The van der Waals surface area contributed by atoms with Crippen molar-refractivity contribution in [2.45, 2.75) is 32.8 Å². The van der Waals surface area contributed by atoms with E-state index in [0.29, 0.717) is 5.69 Å². The Labute approximate surface area is 164 Å².